The first-order valence-corrected chi connectivity index (χ1v) is 14.9. The number of carbonyl (C=O) groups is 3. The smallest absolute Gasteiger partial charge is 0.248 e. The molecule has 3 saturated heterocycles. The second-order valence-electron chi connectivity index (χ2n) is 11.2. The number of ether oxygens (including phenoxy) is 1. The number of unbranched alkanes of at least 4 members (excludes halogenated alkanes) is 4. The third-order valence-electron chi connectivity index (χ3n) is 8.71. The van der Waals surface area contributed by atoms with Crippen molar-refractivity contribution in [3.05, 3.63) is 55.6 Å². The summed E-state index contributed by atoms with van der Waals surface area (Å²) in [6, 6.07) is 8.68. The average Bonchev–Trinajstić information content (AvgIpc) is 3.61. The molecular formula is C32H45N3O5. The van der Waals surface area contributed by atoms with Crippen LogP contribution in [0.5, 0.6) is 0 Å². The van der Waals surface area contributed by atoms with E-state index in [9.17, 15) is 14.4 Å². The summed E-state index contributed by atoms with van der Waals surface area (Å²) in [4.78, 5) is 47.9. The Hall–Kier alpha value is -2.97. The number of carbonyl (C=O) groups excluding carboxylic acids is 3. The van der Waals surface area contributed by atoms with Gasteiger partial charge in [-0.25, -0.2) is 0 Å². The molecule has 2 unspecified atom stereocenters. The lowest BCUT2D eigenvalue weighted by atomic mass is 9.70. The number of aliphatic hydroxyl groups is 1. The van der Waals surface area contributed by atoms with Gasteiger partial charge in [-0.1, -0.05) is 56.5 Å². The standard InChI is InChI=1S/C32H45N3O5/c1-4-7-21-33(19-5-2)31(39)28-32-18-17-25(40-32)26(27(32)30(38)35(28)22-13-8-9-14-23-36)29(37)34(20-6-3)24-15-11-10-12-16-24/h5-6,10-12,15-16,25-28,36H,2-4,7-9,13-14,17-23H2,1H3/t25-,26+,27+,28?,32?/m1/s1. The van der Waals surface area contributed by atoms with Crippen LogP contribution in [-0.4, -0.2) is 83.2 Å². The maximum Gasteiger partial charge on any atom is 0.248 e. The van der Waals surface area contributed by atoms with Crippen molar-refractivity contribution in [3.8, 4) is 0 Å². The van der Waals surface area contributed by atoms with E-state index in [1.807, 2.05) is 30.3 Å². The number of para-hydroxylation sites is 1. The van der Waals surface area contributed by atoms with Gasteiger partial charge < -0.3 is 24.5 Å². The van der Waals surface area contributed by atoms with Gasteiger partial charge in [-0.2, -0.15) is 0 Å². The summed E-state index contributed by atoms with van der Waals surface area (Å²) in [6.45, 7) is 11.7. The highest BCUT2D eigenvalue weighted by molar-refractivity contribution is 6.03. The Balaban J connectivity index is 1.68. The molecule has 3 aliphatic rings. The minimum absolute atomic E-state index is 0.112. The van der Waals surface area contributed by atoms with Crippen LogP contribution in [0.1, 0.15) is 58.3 Å². The lowest BCUT2D eigenvalue weighted by molar-refractivity contribution is -0.147. The zero-order valence-electron chi connectivity index (χ0n) is 23.9. The summed E-state index contributed by atoms with van der Waals surface area (Å²) in [5.74, 6) is -1.76. The van der Waals surface area contributed by atoms with E-state index in [1.165, 1.54) is 0 Å². The Kier molecular flexibility index (Phi) is 10.2. The zero-order chi connectivity index (χ0) is 28.7. The number of benzene rings is 1. The van der Waals surface area contributed by atoms with Crippen molar-refractivity contribution >= 4 is 23.4 Å². The summed E-state index contributed by atoms with van der Waals surface area (Å²) in [6.07, 6.45) is 9.19. The minimum Gasteiger partial charge on any atom is -0.396 e. The van der Waals surface area contributed by atoms with Crippen LogP contribution < -0.4 is 4.90 Å². The van der Waals surface area contributed by atoms with Gasteiger partial charge in [-0.15, -0.1) is 13.2 Å². The SMILES string of the molecule is C=CCN(CCCC)C(=O)C1N(CCCCCCO)C(=O)[C@@H]2[C@@H](C(=O)N(CC=C)c3ccccc3)[C@H]3CCC12O3. The highest BCUT2D eigenvalue weighted by Crippen LogP contribution is 2.59. The van der Waals surface area contributed by atoms with E-state index in [1.54, 1.807) is 26.9 Å². The van der Waals surface area contributed by atoms with Crippen LogP contribution in [0.4, 0.5) is 5.69 Å². The number of nitrogens with zero attached hydrogens (tertiary/aromatic N) is 3. The number of hydrogen-bond acceptors (Lipinski definition) is 5. The average molecular weight is 552 g/mol. The van der Waals surface area contributed by atoms with Gasteiger partial charge in [0.05, 0.1) is 17.9 Å². The van der Waals surface area contributed by atoms with Crippen LogP contribution in [0.3, 0.4) is 0 Å². The van der Waals surface area contributed by atoms with Gasteiger partial charge in [0.2, 0.25) is 17.7 Å². The molecule has 1 aromatic rings. The van der Waals surface area contributed by atoms with Crippen LogP contribution >= 0.6 is 0 Å². The molecule has 40 heavy (non-hydrogen) atoms. The van der Waals surface area contributed by atoms with Crippen LogP contribution in [0.25, 0.3) is 0 Å². The molecule has 8 heteroatoms. The molecule has 5 atom stereocenters. The van der Waals surface area contributed by atoms with Crippen molar-refractivity contribution in [2.24, 2.45) is 11.8 Å². The maximum absolute atomic E-state index is 14.3. The van der Waals surface area contributed by atoms with Crippen molar-refractivity contribution in [2.45, 2.75) is 76.0 Å². The molecule has 0 aliphatic carbocycles. The summed E-state index contributed by atoms with van der Waals surface area (Å²) in [5.41, 5.74) is -0.258. The van der Waals surface area contributed by atoms with Gasteiger partial charge in [0.15, 0.2) is 0 Å². The highest BCUT2D eigenvalue weighted by Gasteiger charge is 2.74. The summed E-state index contributed by atoms with van der Waals surface area (Å²) >= 11 is 0. The lowest BCUT2D eigenvalue weighted by Crippen LogP contribution is -2.56. The van der Waals surface area contributed by atoms with Gasteiger partial charge in [-0.05, 0) is 44.2 Å². The number of hydrogen-bond donors (Lipinski definition) is 1. The molecule has 3 heterocycles. The van der Waals surface area contributed by atoms with Crippen LogP contribution in [-0.2, 0) is 19.1 Å². The lowest BCUT2D eigenvalue weighted by Gasteiger charge is -2.37. The predicted octanol–water partition coefficient (Wildman–Crippen LogP) is 3.95. The zero-order valence-corrected chi connectivity index (χ0v) is 23.9. The van der Waals surface area contributed by atoms with Crippen molar-refractivity contribution in [1.29, 1.82) is 0 Å². The van der Waals surface area contributed by atoms with E-state index in [4.69, 9.17) is 9.84 Å². The first-order valence-electron chi connectivity index (χ1n) is 14.9. The molecule has 4 rings (SSSR count). The van der Waals surface area contributed by atoms with Crippen molar-refractivity contribution < 1.29 is 24.2 Å². The number of amides is 3. The summed E-state index contributed by atoms with van der Waals surface area (Å²) in [7, 11) is 0. The van der Waals surface area contributed by atoms with Gasteiger partial charge >= 0.3 is 0 Å². The molecule has 8 nitrogen and oxygen atoms in total. The monoisotopic (exact) mass is 551 g/mol. The molecular weight excluding hydrogens is 506 g/mol. The van der Waals surface area contributed by atoms with E-state index in [0.717, 1.165) is 37.8 Å². The Morgan fingerprint density at radius 2 is 1.80 bits per heavy atom. The Bertz CT molecular complexity index is 1060. The third-order valence-corrected chi connectivity index (χ3v) is 8.71. The molecule has 1 spiro atoms. The van der Waals surface area contributed by atoms with E-state index in [0.29, 0.717) is 45.4 Å². The normalized spacial score (nSPS) is 26.6. The summed E-state index contributed by atoms with van der Waals surface area (Å²) < 4.78 is 6.65. The van der Waals surface area contributed by atoms with Crippen LogP contribution in [0, 0.1) is 11.8 Å². The van der Waals surface area contributed by atoms with Gasteiger partial charge in [0.25, 0.3) is 0 Å². The topological polar surface area (TPSA) is 90.4 Å². The Labute approximate surface area is 238 Å². The number of fused-ring (bicyclic) bond motifs is 1. The second kappa shape index (κ2) is 13.6. The van der Waals surface area contributed by atoms with E-state index >= 15 is 0 Å². The maximum atomic E-state index is 14.3. The molecule has 0 aromatic heterocycles. The third kappa shape index (κ3) is 5.61. The molecule has 3 amide bonds. The Morgan fingerprint density at radius 1 is 1.07 bits per heavy atom. The van der Waals surface area contributed by atoms with Crippen molar-refractivity contribution in [1.82, 2.24) is 9.80 Å². The molecule has 218 valence electrons. The number of aliphatic hydroxyl groups excluding tert-OH is 1. The highest BCUT2D eigenvalue weighted by atomic mass is 16.5. The molecule has 1 N–H and O–H groups in total. The van der Waals surface area contributed by atoms with Crippen molar-refractivity contribution in [2.75, 3.05) is 37.7 Å². The Morgan fingerprint density at radius 3 is 2.48 bits per heavy atom. The number of anilines is 1. The van der Waals surface area contributed by atoms with Crippen LogP contribution in [0.2, 0.25) is 0 Å². The van der Waals surface area contributed by atoms with Crippen molar-refractivity contribution in [3.63, 3.8) is 0 Å². The fraction of sp³-hybridized carbons (Fsp3) is 0.594. The first kappa shape index (κ1) is 30.0. The van der Waals surface area contributed by atoms with Gasteiger partial charge in [0, 0.05) is 38.5 Å². The number of likely N-dealkylation sites (tertiary alicyclic amines) is 1. The second-order valence-corrected chi connectivity index (χ2v) is 11.2. The molecule has 0 saturated carbocycles. The molecule has 3 aliphatic heterocycles. The largest absolute Gasteiger partial charge is 0.396 e. The fourth-order valence-electron chi connectivity index (χ4n) is 6.91. The quantitative estimate of drug-likeness (QED) is 0.248. The molecule has 1 aromatic carbocycles. The van der Waals surface area contributed by atoms with Gasteiger partial charge in [-0.3, -0.25) is 14.4 Å². The number of rotatable bonds is 16. The van der Waals surface area contributed by atoms with Gasteiger partial charge in [0.1, 0.15) is 11.6 Å². The molecule has 2 bridgehead atoms. The minimum atomic E-state index is -1.01. The molecule has 3 fully saturated rings. The van der Waals surface area contributed by atoms with Crippen LogP contribution in [0.15, 0.2) is 55.6 Å². The predicted molar refractivity (Wildman–Crippen MR) is 156 cm³/mol. The van der Waals surface area contributed by atoms with E-state index in [2.05, 4.69) is 20.1 Å². The first-order chi connectivity index (χ1) is 19.4. The van der Waals surface area contributed by atoms with E-state index < -0.39 is 29.6 Å². The summed E-state index contributed by atoms with van der Waals surface area (Å²) in [5, 5.41) is 9.16. The molecule has 0 radical (unpaired) electrons. The van der Waals surface area contributed by atoms with E-state index in [-0.39, 0.29) is 24.3 Å². The fourth-order valence-corrected chi connectivity index (χ4v) is 6.91.